The van der Waals surface area contributed by atoms with Gasteiger partial charge in [-0.25, -0.2) is 0 Å². The molecule has 4 heteroatoms. The van der Waals surface area contributed by atoms with Crippen molar-refractivity contribution in [2.24, 2.45) is 0 Å². The molecule has 2 aromatic carbocycles. The lowest BCUT2D eigenvalue weighted by Gasteiger charge is -2.18. The van der Waals surface area contributed by atoms with Gasteiger partial charge in [0.1, 0.15) is 0 Å². The van der Waals surface area contributed by atoms with Crippen molar-refractivity contribution >= 4 is 17.5 Å². The minimum absolute atomic E-state index is 0.0638. The van der Waals surface area contributed by atoms with E-state index in [4.69, 9.17) is 0 Å². The van der Waals surface area contributed by atoms with E-state index in [2.05, 4.69) is 11.4 Å². The summed E-state index contributed by atoms with van der Waals surface area (Å²) >= 11 is 0. The number of nitrogens with one attached hydrogen (secondary N) is 1. The summed E-state index contributed by atoms with van der Waals surface area (Å²) in [6.07, 6.45) is 0.625. The minimum Gasteiger partial charge on any atom is -0.356 e. The molecule has 0 saturated heterocycles. The lowest BCUT2D eigenvalue weighted by atomic mass is 9.96. The molecule has 0 aromatic heterocycles. The van der Waals surface area contributed by atoms with E-state index in [0.29, 0.717) is 19.5 Å². The molecular weight excluding hydrogens is 300 g/mol. The Labute approximate surface area is 142 Å². The van der Waals surface area contributed by atoms with Crippen LogP contribution in [-0.4, -0.2) is 18.4 Å². The average Bonchev–Trinajstić information content (AvgIpc) is 2.80. The van der Waals surface area contributed by atoms with E-state index in [-0.39, 0.29) is 17.7 Å². The molecule has 124 valence electrons. The second-order valence-corrected chi connectivity index (χ2v) is 6.30. The van der Waals surface area contributed by atoms with Crippen molar-refractivity contribution in [3.05, 3.63) is 65.2 Å². The molecular formula is C20H22N2O2. The fourth-order valence-corrected chi connectivity index (χ4v) is 3.24. The first kappa shape index (κ1) is 16.2. The molecule has 0 bridgehead atoms. The zero-order valence-electron chi connectivity index (χ0n) is 14.1. The van der Waals surface area contributed by atoms with E-state index in [1.807, 2.05) is 54.3 Å². The topological polar surface area (TPSA) is 49.4 Å². The molecule has 4 nitrogen and oxygen atoms in total. The van der Waals surface area contributed by atoms with E-state index in [1.165, 1.54) is 6.92 Å². The van der Waals surface area contributed by atoms with Crippen LogP contribution in [0.4, 0.5) is 5.69 Å². The van der Waals surface area contributed by atoms with E-state index < -0.39 is 0 Å². The molecule has 1 unspecified atom stereocenters. The van der Waals surface area contributed by atoms with Crippen LogP contribution in [0, 0.1) is 6.92 Å². The van der Waals surface area contributed by atoms with Crippen molar-refractivity contribution in [3.63, 3.8) is 0 Å². The summed E-state index contributed by atoms with van der Waals surface area (Å²) in [4.78, 5) is 25.9. The molecule has 1 N–H and O–H groups in total. The predicted octanol–water partition coefficient (Wildman–Crippen LogP) is 3.15. The van der Waals surface area contributed by atoms with E-state index in [9.17, 15) is 9.59 Å². The lowest BCUT2D eigenvalue weighted by Crippen LogP contribution is -2.30. The molecule has 0 radical (unpaired) electrons. The first-order valence-corrected chi connectivity index (χ1v) is 8.26. The van der Waals surface area contributed by atoms with Gasteiger partial charge in [0.25, 0.3) is 0 Å². The Morgan fingerprint density at radius 1 is 1.17 bits per heavy atom. The SMILES string of the molecule is CC(=O)NCCC1C(=O)N(Cc2ccccc2)c2ccc(C)cc21. The van der Waals surface area contributed by atoms with Crippen molar-refractivity contribution in [2.45, 2.75) is 32.7 Å². The molecule has 2 amide bonds. The Morgan fingerprint density at radius 3 is 2.62 bits per heavy atom. The molecule has 2 aromatic rings. The van der Waals surface area contributed by atoms with E-state index in [1.54, 1.807) is 0 Å². The van der Waals surface area contributed by atoms with Crippen LogP contribution < -0.4 is 10.2 Å². The number of aryl methyl sites for hydroxylation is 1. The maximum atomic E-state index is 13.0. The molecule has 3 rings (SSSR count). The summed E-state index contributed by atoms with van der Waals surface area (Å²) in [6.45, 7) is 4.62. The molecule has 1 atom stereocenters. The molecule has 0 aliphatic carbocycles. The van der Waals surface area contributed by atoms with Crippen LogP contribution in [-0.2, 0) is 16.1 Å². The molecule has 0 fully saturated rings. The first-order valence-electron chi connectivity index (χ1n) is 8.26. The zero-order chi connectivity index (χ0) is 17.1. The number of carbonyl (C=O) groups is 2. The molecule has 24 heavy (non-hydrogen) atoms. The number of nitrogens with zero attached hydrogens (tertiary/aromatic N) is 1. The quantitative estimate of drug-likeness (QED) is 0.919. The van der Waals surface area contributed by atoms with Gasteiger partial charge in [-0.05, 0) is 30.5 Å². The van der Waals surface area contributed by atoms with Gasteiger partial charge in [-0.15, -0.1) is 0 Å². The van der Waals surface area contributed by atoms with Gasteiger partial charge in [0.2, 0.25) is 11.8 Å². The number of hydrogen-bond acceptors (Lipinski definition) is 2. The Morgan fingerprint density at radius 2 is 1.92 bits per heavy atom. The Balaban J connectivity index is 1.86. The number of fused-ring (bicyclic) bond motifs is 1. The summed E-state index contributed by atoms with van der Waals surface area (Å²) in [5.41, 5.74) is 4.32. The predicted molar refractivity (Wildman–Crippen MR) is 94.9 cm³/mol. The highest BCUT2D eigenvalue weighted by atomic mass is 16.2. The Bertz CT molecular complexity index is 755. The number of amides is 2. The van der Waals surface area contributed by atoms with E-state index >= 15 is 0 Å². The summed E-state index contributed by atoms with van der Waals surface area (Å²) in [5, 5.41) is 2.79. The average molecular weight is 322 g/mol. The summed E-state index contributed by atoms with van der Waals surface area (Å²) in [5.74, 6) is -0.133. The number of anilines is 1. The number of benzene rings is 2. The zero-order valence-corrected chi connectivity index (χ0v) is 14.1. The number of rotatable bonds is 5. The van der Waals surface area contributed by atoms with Crippen LogP contribution in [0.2, 0.25) is 0 Å². The first-order chi connectivity index (χ1) is 11.6. The normalized spacial score (nSPS) is 16.2. The van der Waals surface area contributed by atoms with Gasteiger partial charge >= 0.3 is 0 Å². The van der Waals surface area contributed by atoms with Gasteiger partial charge in [-0.2, -0.15) is 0 Å². The van der Waals surface area contributed by atoms with Crippen molar-refractivity contribution in [3.8, 4) is 0 Å². The van der Waals surface area contributed by atoms with Crippen molar-refractivity contribution in [1.29, 1.82) is 0 Å². The fraction of sp³-hybridized carbons (Fsp3) is 0.300. The minimum atomic E-state index is -0.185. The second kappa shape index (κ2) is 6.87. The van der Waals surface area contributed by atoms with Crippen LogP contribution in [0.25, 0.3) is 0 Å². The highest BCUT2D eigenvalue weighted by Gasteiger charge is 2.36. The molecule has 0 spiro atoms. The lowest BCUT2D eigenvalue weighted by molar-refractivity contribution is -0.121. The number of carbonyl (C=O) groups excluding carboxylic acids is 2. The highest BCUT2D eigenvalue weighted by molar-refractivity contribution is 6.05. The van der Waals surface area contributed by atoms with Crippen molar-refractivity contribution < 1.29 is 9.59 Å². The van der Waals surface area contributed by atoms with Crippen molar-refractivity contribution in [1.82, 2.24) is 5.32 Å². The highest BCUT2D eigenvalue weighted by Crippen LogP contribution is 2.40. The van der Waals surface area contributed by atoms with Crippen molar-refractivity contribution in [2.75, 3.05) is 11.4 Å². The maximum Gasteiger partial charge on any atom is 0.234 e. The molecule has 1 heterocycles. The largest absolute Gasteiger partial charge is 0.356 e. The van der Waals surface area contributed by atoms with Gasteiger partial charge in [0.05, 0.1) is 12.5 Å². The fourth-order valence-electron chi connectivity index (χ4n) is 3.24. The van der Waals surface area contributed by atoms with Crippen LogP contribution in [0.5, 0.6) is 0 Å². The van der Waals surface area contributed by atoms with E-state index in [0.717, 1.165) is 22.4 Å². The summed E-state index contributed by atoms with van der Waals surface area (Å²) in [6, 6.07) is 16.2. The third-order valence-corrected chi connectivity index (χ3v) is 4.40. The molecule has 1 aliphatic rings. The standard InChI is InChI=1S/C20H22N2O2/c1-14-8-9-19-18(12-14)17(10-11-21-15(2)23)20(24)22(19)13-16-6-4-3-5-7-16/h3-9,12,17H,10-11,13H2,1-2H3,(H,21,23). The number of hydrogen-bond donors (Lipinski definition) is 1. The third kappa shape index (κ3) is 3.32. The Hall–Kier alpha value is -2.62. The summed E-state index contributed by atoms with van der Waals surface area (Å²) < 4.78 is 0. The maximum absolute atomic E-state index is 13.0. The van der Waals surface area contributed by atoms with Gasteiger partial charge in [-0.3, -0.25) is 9.59 Å². The van der Waals surface area contributed by atoms with Crippen LogP contribution in [0.15, 0.2) is 48.5 Å². The second-order valence-electron chi connectivity index (χ2n) is 6.30. The molecule has 1 aliphatic heterocycles. The molecule has 0 saturated carbocycles. The van der Waals surface area contributed by atoms with Crippen LogP contribution in [0.3, 0.4) is 0 Å². The third-order valence-electron chi connectivity index (χ3n) is 4.40. The van der Waals surface area contributed by atoms with Gasteiger partial charge < -0.3 is 10.2 Å². The van der Waals surface area contributed by atoms with Gasteiger partial charge in [0.15, 0.2) is 0 Å². The van der Waals surface area contributed by atoms with Gasteiger partial charge in [0, 0.05) is 19.2 Å². The Kier molecular flexibility index (Phi) is 4.65. The van der Waals surface area contributed by atoms with Crippen LogP contribution >= 0.6 is 0 Å². The monoisotopic (exact) mass is 322 g/mol. The van der Waals surface area contributed by atoms with Crippen LogP contribution in [0.1, 0.15) is 36.0 Å². The van der Waals surface area contributed by atoms with Gasteiger partial charge in [-0.1, -0.05) is 48.0 Å². The smallest absolute Gasteiger partial charge is 0.234 e. The summed E-state index contributed by atoms with van der Waals surface area (Å²) in [7, 11) is 0.